The maximum absolute atomic E-state index is 11.7. The lowest BCUT2D eigenvalue weighted by Crippen LogP contribution is -2.28. The zero-order valence-electron chi connectivity index (χ0n) is 8.38. The lowest BCUT2D eigenvalue weighted by Gasteiger charge is -2.08. The summed E-state index contributed by atoms with van der Waals surface area (Å²) in [6, 6.07) is 0. The minimum absolute atomic E-state index is 0.117. The smallest absolute Gasteiger partial charge is 0.386 e. The van der Waals surface area contributed by atoms with Crippen molar-refractivity contribution in [2.45, 2.75) is 38.0 Å². The molecular formula is C9H11F3O4. The molecule has 0 amide bonds. The number of ether oxygens (including phenoxy) is 2. The molecule has 7 heteroatoms. The third-order valence-electron chi connectivity index (χ3n) is 2.13. The van der Waals surface area contributed by atoms with E-state index in [1.807, 2.05) is 0 Å². The van der Waals surface area contributed by atoms with E-state index in [0.29, 0.717) is 6.61 Å². The number of alkyl halides is 3. The quantitative estimate of drug-likeness (QED) is 0.555. The molecule has 1 saturated heterocycles. The Balaban J connectivity index is 2.22. The van der Waals surface area contributed by atoms with Gasteiger partial charge in [0, 0.05) is 13.0 Å². The topological polar surface area (TPSA) is 52.6 Å². The van der Waals surface area contributed by atoms with Gasteiger partial charge in [0.25, 0.3) is 0 Å². The molecule has 0 unspecified atom stereocenters. The molecule has 1 rings (SSSR count). The van der Waals surface area contributed by atoms with Crippen molar-refractivity contribution in [3.63, 3.8) is 0 Å². The van der Waals surface area contributed by atoms with Crippen LogP contribution in [-0.4, -0.2) is 30.8 Å². The van der Waals surface area contributed by atoms with Gasteiger partial charge in [0.2, 0.25) is 0 Å². The Bertz CT molecular complexity index is 268. The Morgan fingerprint density at radius 3 is 2.56 bits per heavy atom. The summed E-state index contributed by atoms with van der Waals surface area (Å²) < 4.78 is 43.9. The Morgan fingerprint density at radius 2 is 2.06 bits per heavy atom. The molecule has 1 aliphatic heterocycles. The Labute approximate surface area is 89.7 Å². The van der Waals surface area contributed by atoms with Crippen LogP contribution in [0, 0.1) is 0 Å². The molecule has 0 saturated carbocycles. The lowest BCUT2D eigenvalue weighted by atomic mass is 10.1. The molecule has 92 valence electrons. The van der Waals surface area contributed by atoms with Gasteiger partial charge in [-0.05, 0) is 19.3 Å². The summed E-state index contributed by atoms with van der Waals surface area (Å²) in [6.45, 7) is 0.598. The van der Waals surface area contributed by atoms with Crippen LogP contribution in [0.2, 0.25) is 0 Å². The average molecular weight is 240 g/mol. The summed E-state index contributed by atoms with van der Waals surface area (Å²) >= 11 is 0. The number of hydrogen-bond acceptors (Lipinski definition) is 4. The molecule has 0 aromatic carbocycles. The summed E-state index contributed by atoms with van der Waals surface area (Å²) in [4.78, 5) is 21.1. The molecule has 1 atom stereocenters. The molecular weight excluding hydrogens is 229 g/mol. The van der Waals surface area contributed by atoms with Crippen LogP contribution in [-0.2, 0) is 19.1 Å². The van der Waals surface area contributed by atoms with E-state index < -0.39 is 18.1 Å². The maximum atomic E-state index is 11.7. The van der Waals surface area contributed by atoms with Crippen LogP contribution in [0.25, 0.3) is 0 Å². The standard InChI is InChI=1S/C9H11F3O4/c10-9(11,12)8(14)16-7(13)4-3-6-2-1-5-15-6/h6H,1-5H2/t6-/m0/s1. The molecule has 4 nitrogen and oxygen atoms in total. The summed E-state index contributed by atoms with van der Waals surface area (Å²) in [5.74, 6) is -3.64. The third-order valence-corrected chi connectivity index (χ3v) is 2.13. The predicted octanol–water partition coefficient (Wildman–Crippen LogP) is 1.58. The van der Waals surface area contributed by atoms with Gasteiger partial charge >= 0.3 is 18.1 Å². The summed E-state index contributed by atoms with van der Waals surface area (Å²) in [6.07, 6.45) is -3.55. The van der Waals surface area contributed by atoms with Crippen LogP contribution in [0.3, 0.4) is 0 Å². The number of halogens is 3. The normalized spacial score (nSPS) is 20.8. The number of rotatable bonds is 3. The van der Waals surface area contributed by atoms with Crippen molar-refractivity contribution in [3.05, 3.63) is 0 Å². The highest BCUT2D eigenvalue weighted by Gasteiger charge is 2.42. The van der Waals surface area contributed by atoms with Crippen LogP contribution >= 0.6 is 0 Å². The Morgan fingerprint density at radius 1 is 1.38 bits per heavy atom. The van der Waals surface area contributed by atoms with E-state index in [2.05, 4.69) is 4.74 Å². The second-order valence-corrected chi connectivity index (χ2v) is 3.43. The van der Waals surface area contributed by atoms with Gasteiger partial charge in [0.1, 0.15) is 0 Å². The van der Waals surface area contributed by atoms with Gasteiger partial charge in [-0.3, -0.25) is 4.79 Å². The average Bonchev–Trinajstić information content (AvgIpc) is 2.65. The number of carbonyl (C=O) groups excluding carboxylic acids is 2. The molecule has 1 fully saturated rings. The van der Waals surface area contributed by atoms with Crippen LogP contribution in [0.5, 0.6) is 0 Å². The molecule has 0 aliphatic carbocycles. The molecule has 1 aliphatic rings. The van der Waals surface area contributed by atoms with Crippen molar-refractivity contribution < 1.29 is 32.2 Å². The van der Waals surface area contributed by atoms with Crippen LogP contribution in [0.1, 0.15) is 25.7 Å². The van der Waals surface area contributed by atoms with Gasteiger partial charge in [-0.15, -0.1) is 0 Å². The van der Waals surface area contributed by atoms with Crippen LogP contribution in [0.4, 0.5) is 13.2 Å². The zero-order valence-corrected chi connectivity index (χ0v) is 8.38. The van der Waals surface area contributed by atoms with Gasteiger partial charge in [0.15, 0.2) is 0 Å². The Hall–Kier alpha value is -1.11. The van der Waals surface area contributed by atoms with E-state index in [1.165, 1.54) is 0 Å². The van der Waals surface area contributed by atoms with Crippen LogP contribution in [0.15, 0.2) is 0 Å². The number of carbonyl (C=O) groups is 2. The molecule has 0 spiro atoms. The first-order valence-electron chi connectivity index (χ1n) is 4.83. The molecule has 0 aromatic rings. The fourth-order valence-electron chi connectivity index (χ4n) is 1.36. The predicted molar refractivity (Wildman–Crippen MR) is 45.4 cm³/mol. The molecule has 0 aromatic heterocycles. The highest BCUT2D eigenvalue weighted by atomic mass is 19.4. The lowest BCUT2D eigenvalue weighted by molar-refractivity contribution is -0.202. The first-order valence-corrected chi connectivity index (χ1v) is 4.83. The van der Waals surface area contributed by atoms with Crippen molar-refractivity contribution in [1.29, 1.82) is 0 Å². The second kappa shape index (κ2) is 5.29. The minimum atomic E-state index is -5.13. The first kappa shape index (κ1) is 13.0. The van der Waals surface area contributed by atoms with Gasteiger partial charge in [-0.2, -0.15) is 13.2 Å². The van der Waals surface area contributed by atoms with Crippen molar-refractivity contribution in [1.82, 2.24) is 0 Å². The van der Waals surface area contributed by atoms with E-state index in [0.717, 1.165) is 12.8 Å². The fourth-order valence-corrected chi connectivity index (χ4v) is 1.36. The monoisotopic (exact) mass is 240 g/mol. The van der Waals surface area contributed by atoms with Crippen molar-refractivity contribution >= 4 is 11.9 Å². The maximum Gasteiger partial charge on any atom is 0.491 e. The molecule has 1 heterocycles. The van der Waals surface area contributed by atoms with Gasteiger partial charge in [-0.1, -0.05) is 0 Å². The second-order valence-electron chi connectivity index (χ2n) is 3.43. The minimum Gasteiger partial charge on any atom is -0.386 e. The molecule has 16 heavy (non-hydrogen) atoms. The summed E-state index contributed by atoms with van der Waals surface area (Å²) in [7, 11) is 0. The third kappa shape index (κ3) is 4.18. The van der Waals surface area contributed by atoms with Crippen molar-refractivity contribution in [2.75, 3.05) is 6.61 Å². The highest BCUT2D eigenvalue weighted by Crippen LogP contribution is 2.19. The SMILES string of the molecule is O=C(CC[C@@H]1CCCO1)OC(=O)C(F)(F)F. The van der Waals surface area contributed by atoms with E-state index in [4.69, 9.17) is 4.74 Å². The van der Waals surface area contributed by atoms with E-state index >= 15 is 0 Å². The van der Waals surface area contributed by atoms with E-state index in [9.17, 15) is 22.8 Å². The molecule has 0 N–H and O–H groups in total. The van der Waals surface area contributed by atoms with E-state index in [-0.39, 0.29) is 18.9 Å². The largest absolute Gasteiger partial charge is 0.491 e. The number of esters is 2. The van der Waals surface area contributed by atoms with Gasteiger partial charge in [0.05, 0.1) is 6.10 Å². The first-order chi connectivity index (χ1) is 7.39. The highest BCUT2D eigenvalue weighted by molar-refractivity contribution is 5.88. The Kier molecular flexibility index (Phi) is 4.28. The van der Waals surface area contributed by atoms with Crippen LogP contribution < -0.4 is 0 Å². The molecule has 0 bridgehead atoms. The van der Waals surface area contributed by atoms with E-state index in [1.54, 1.807) is 0 Å². The summed E-state index contributed by atoms with van der Waals surface area (Å²) in [5, 5.41) is 0. The van der Waals surface area contributed by atoms with Gasteiger partial charge < -0.3 is 9.47 Å². The zero-order chi connectivity index (χ0) is 12.2. The van der Waals surface area contributed by atoms with Crippen molar-refractivity contribution in [2.24, 2.45) is 0 Å². The molecule has 0 radical (unpaired) electrons. The summed E-state index contributed by atoms with van der Waals surface area (Å²) in [5.41, 5.74) is 0. The van der Waals surface area contributed by atoms with Gasteiger partial charge in [-0.25, -0.2) is 4.79 Å². The fraction of sp³-hybridized carbons (Fsp3) is 0.778. The number of hydrogen-bond donors (Lipinski definition) is 0. The van der Waals surface area contributed by atoms with Crippen molar-refractivity contribution in [3.8, 4) is 0 Å².